The molecule has 2 aromatic carbocycles. The van der Waals surface area contributed by atoms with E-state index in [2.05, 4.69) is 67.7 Å². The lowest BCUT2D eigenvalue weighted by Crippen LogP contribution is -2.44. The van der Waals surface area contributed by atoms with Gasteiger partial charge in [-0.15, -0.1) is 0 Å². The molecule has 0 spiro atoms. The van der Waals surface area contributed by atoms with Crippen molar-refractivity contribution in [2.75, 3.05) is 7.11 Å². The summed E-state index contributed by atoms with van der Waals surface area (Å²) in [5.74, 6) is 2.25. The Bertz CT molecular complexity index is 995. The zero-order valence-electron chi connectivity index (χ0n) is 22.6. The molecule has 0 aliphatic heterocycles. The quantitative estimate of drug-likeness (QED) is 0.291. The highest BCUT2D eigenvalue weighted by atomic mass is 28.4. The van der Waals surface area contributed by atoms with Gasteiger partial charge < -0.3 is 13.6 Å². The van der Waals surface area contributed by atoms with Crippen molar-refractivity contribution < 1.29 is 18.4 Å². The summed E-state index contributed by atoms with van der Waals surface area (Å²) in [5, 5.41) is 0.101. The van der Waals surface area contributed by atoms with Crippen molar-refractivity contribution >= 4 is 22.4 Å². The van der Waals surface area contributed by atoms with Crippen LogP contribution >= 0.6 is 0 Å². The molecule has 0 amide bonds. The predicted octanol–water partition coefficient (Wildman–Crippen LogP) is 8.33. The number of carbonyl (C=O) groups excluding carboxylic acids is 1. The molecular formula is C27H42O4Si2. The van der Waals surface area contributed by atoms with Crippen LogP contribution in [0, 0.1) is 0 Å². The Balaban J connectivity index is 2.71. The van der Waals surface area contributed by atoms with Gasteiger partial charge in [0.25, 0.3) is 16.6 Å². The summed E-state index contributed by atoms with van der Waals surface area (Å²) in [6, 6.07) is 11.7. The molecule has 0 aliphatic rings. The van der Waals surface area contributed by atoms with E-state index in [4.69, 9.17) is 13.6 Å². The smallest absolute Gasteiger partial charge is 0.250 e. The van der Waals surface area contributed by atoms with E-state index in [0.717, 1.165) is 22.6 Å². The van der Waals surface area contributed by atoms with E-state index in [-0.39, 0.29) is 15.9 Å². The van der Waals surface area contributed by atoms with Crippen molar-refractivity contribution in [2.45, 2.75) is 84.7 Å². The van der Waals surface area contributed by atoms with Gasteiger partial charge in [0.1, 0.15) is 11.5 Å². The maximum Gasteiger partial charge on any atom is 0.250 e. The zero-order valence-corrected chi connectivity index (χ0v) is 24.6. The molecular weight excluding hydrogens is 444 g/mol. The maximum absolute atomic E-state index is 11.8. The second-order valence-electron chi connectivity index (χ2n) is 11.9. The third-order valence-electron chi connectivity index (χ3n) is 7.21. The number of methoxy groups -OCH3 is 1. The van der Waals surface area contributed by atoms with Crippen LogP contribution in [0.25, 0.3) is 11.1 Å². The first-order valence-corrected chi connectivity index (χ1v) is 17.4. The van der Waals surface area contributed by atoms with Crippen molar-refractivity contribution in [3.05, 3.63) is 42.0 Å². The zero-order chi connectivity index (χ0) is 25.4. The Hall–Kier alpha value is -2.06. The third-order valence-corrected chi connectivity index (χ3v) is 15.9. The van der Waals surface area contributed by atoms with Gasteiger partial charge in [-0.3, -0.25) is 4.79 Å². The Morgan fingerprint density at radius 2 is 1.18 bits per heavy atom. The monoisotopic (exact) mass is 486 g/mol. The summed E-state index contributed by atoms with van der Waals surface area (Å²) in [6.45, 7) is 23.9. The van der Waals surface area contributed by atoms with Crippen LogP contribution in [0.2, 0.25) is 36.3 Å². The van der Waals surface area contributed by atoms with Crippen molar-refractivity contribution in [3.63, 3.8) is 0 Å². The van der Waals surface area contributed by atoms with Gasteiger partial charge in [-0.2, -0.15) is 0 Å². The van der Waals surface area contributed by atoms with E-state index >= 15 is 0 Å². The van der Waals surface area contributed by atoms with Gasteiger partial charge in [-0.1, -0.05) is 65.8 Å². The van der Waals surface area contributed by atoms with Crippen LogP contribution in [-0.2, 0) is 0 Å². The number of benzene rings is 2. The van der Waals surface area contributed by atoms with Crippen LogP contribution < -0.4 is 13.6 Å². The number of ether oxygens (including phenoxy) is 1. The Morgan fingerprint density at radius 1 is 0.727 bits per heavy atom. The molecule has 33 heavy (non-hydrogen) atoms. The number of hydrogen-bond acceptors (Lipinski definition) is 4. The van der Waals surface area contributed by atoms with Gasteiger partial charge in [0, 0.05) is 17.2 Å². The number of Topliss-reactive ketones (excluding diaryl/α,β-unsaturated/α-hetero) is 1. The Kier molecular flexibility index (Phi) is 7.66. The second-order valence-corrected chi connectivity index (χ2v) is 21.3. The molecule has 0 atom stereocenters. The molecule has 0 unspecified atom stereocenters. The first-order chi connectivity index (χ1) is 14.9. The molecule has 0 bridgehead atoms. The minimum absolute atomic E-state index is 0.0479. The van der Waals surface area contributed by atoms with E-state index in [9.17, 15) is 4.79 Å². The van der Waals surface area contributed by atoms with E-state index in [1.807, 2.05) is 36.4 Å². The first kappa shape index (κ1) is 27.2. The lowest BCUT2D eigenvalue weighted by atomic mass is 10.0. The minimum atomic E-state index is -2.11. The van der Waals surface area contributed by atoms with Crippen LogP contribution in [-0.4, -0.2) is 29.5 Å². The topological polar surface area (TPSA) is 44.8 Å². The molecule has 0 saturated heterocycles. The molecule has 0 aromatic heterocycles. The van der Waals surface area contributed by atoms with E-state index in [0.29, 0.717) is 11.3 Å². The van der Waals surface area contributed by atoms with Crippen LogP contribution in [0.1, 0.15) is 58.8 Å². The summed E-state index contributed by atoms with van der Waals surface area (Å²) in [6.07, 6.45) is 0. The molecule has 2 rings (SSSR count). The molecule has 0 aliphatic carbocycles. The highest BCUT2D eigenvalue weighted by Gasteiger charge is 2.41. The van der Waals surface area contributed by atoms with Crippen LogP contribution in [0.4, 0.5) is 0 Å². The maximum atomic E-state index is 11.8. The SMILES string of the molecule is COc1cc(O[Si](C)(C)C(C)(C)C)c(-c2ccc(C(C)=O)cc2)cc1O[Si](C)(C)C(C)(C)C. The van der Waals surface area contributed by atoms with Gasteiger partial charge in [0.2, 0.25) is 0 Å². The predicted molar refractivity (Wildman–Crippen MR) is 144 cm³/mol. The minimum Gasteiger partial charge on any atom is -0.543 e. The molecule has 4 nitrogen and oxygen atoms in total. The second kappa shape index (κ2) is 9.30. The summed E-state index contributed by atoms with van der Waals surface area (Å²) in [5.41, 5.74) is 2.62. The number of carbonyl (C=O) groups is 1. The fraction of sp³-hybridized carbons (Fsp3) is 0.519. The fourth-order valence-corrected chi connectivity index (χ4v) is 4.87. The van der Waals surface area contributed by atoms with Crippen molar-refractivity contribution in [1.82, 2.24) is 0 Å². The number of ketones is 1. The molecule has 2 aromatic rings. The van der Waals surface area contributed by atoms with Crippen molar-refractivity contribution in [1.29, 1.82) is 0 Å². The molecule has 6 heteroatoms. The van der Waals surface area contributed by atoms with Crippen molar-refractivity contribution in [2.24, 2.45) is 0 Å². The van der Waals surface area contributed by atoms with Crippen LogP contribution in [0.5, 0.6) is 17.2 Å². The highest BCUT2D eigenvalue weighted by Crippen LogP contribution is 2.47. The Morgan fingerprint density at radius 3 is 1.58 bits per heavy atom. The average molecular weight is 487 g/mol. The van der Waals surface area contributed by atoms with Gasteiger partial charge in [0.05, 0.1) is 7.11 Å². The number of hydrogen-bond donors (Lipinski definition) is 0. The first-order valence-electron chi connectivity index (χ1n) is 11.6. The summed E-state index contributed by atoms with van der Waals surface area (Å²) >= 11 is 0. The van der Waals surface area contributed by atoms with Gasteiger partial charge >= 0.3 is 0 Å². The summed E-state index contributed by atoms with van der Waals surface area (Å²) < 4.78 is 19.2. The summed E-state index contributed by atoms with van der Waals surface area (Å²) in [7, 11) is -2.53. The lowest BCUT2D eigenvalue weighted by Gasteiger charge is -2.38. The molecule has 0 saturated carbocycles. The van der Waals surface area contributed by atoms with Gasteiger partial charge in [-0.25, -0.2) is 0 Å². The third kappa shape index (κ3) is 6.09. The standard InChI is InChI=1S/C27H42O4Si2/c1-19(28)20-13-15-21(16-14-20)22-17-25(31-33(11,12)27(5,6)7)24(29-8)18-23(22)30-32(9,10)26(2,3)4/h13-18H,1-12H3. The van der Waals surface area contributed by atoms with Gasteiger partial charge in [-0.05, 0) is 54.8 Å². The van der Waals surface area contributed by atoms with E-state index in [1.54, 1.807) is 14.0 Å². The molecule has 0 radical (unpaired) electrons. The normalized spacial score (nSPS) is 13.0. The molecule has 182 valence electrons. The van der Waals surface area contributed by atoms with Gasteiger partial charge in [0.15, 0.2) is 11.5 Å². The van der Waals surface area contributed by atoms with E-state index in [1.165, 1.54) is 0 Å². The number of rotatable bonds is 7. The van der Waals surface area contributed by atoms with Crippen LogP contribution in [0.3, 0.4) is 0 Å². The van der Waals surface area contributed by atoms with Crippen LogP contribution in [0.15, 0.2) is 36.4 Å². The summed E-state index contributed by atoms with van der Waals surface area (Å²) in [4.78, 5) is 11.8. The average Bonchev–Trinajstić information content (AvgIpc) is 2.66. The Labute approximate surface area is 202 Å². The highest BCUT2D eigenvalue weighted by molar-refractivity contribution is 6.75. The van der Waals surface area contributed by atoms with E-state index < -0.39 is 16.6 Å². The fourth-order valence-electron chi connectivity index (χ4n) is 2.83. The largest absolute Gasteiger partial charge is 0.543 e. The lowest BCUT2D eigenvalue weighted by molar-refractivity contribution is 0.101. The molecule has 0 N–H and O–H groups in total. The molecule has 0 heterocycles. The van der Waals surface area contributed by atoms with Crippen molar-refractivity contribution in [3.8, 4) is 28.4 Å². The molecule has 0 fully saturated rings.